The van der Waals surface area contributed by atoms with Crippen LogP contribution in [-0.2, 0) is 0 Å². The molecule has 1 heterocycles. The summed E-state index contributed by atoms with van der Waals surface area (Å²) in [6, 6.07) is 11.6. The molecule has 0 bridgehead atoms. The van der Waals surface area contributed by atoms with Gasteiger partial charge in [-0.3, -0.25) is 0 Å². The van der Waals surface area contributed by atoms with Crippen molar-refractivity contribution in [3.8, 4) is 11.8 Å². The molecule has 0 spiro atoms. The first-order valence-corrected chi connectivity index (χ1v) is 6.31. The summed E-state index contributed by atoms with van der Waals surface area (Å²) in [7, 11) is 1.63. The molecule has 18 heavy (non-hydrogen) atoms. The Morgan fingerprint density at radius 1 is 1.33 bits per heavy atom. The standard InChI is InChI=1S/C14H12N2OS/c1-17-14-4-2-13(3-5-14)16-9-12(8-15)11-6-7-18-10-11/h2-7,9-10,16H,1H3. The molecule has 0 saturated carbocycles. The highest BCUT2D eigenvalue weighted by Crippen LogP contribution is 2.19. The van der Waals surface area contributed by atoms with Crippen molar-refractivity contribution < 1.29 is 4.74 Å². The highest BCUT2D eigenvalue weighted by atomic mass is 32.1. The minimum atomic E-state index is 0.618. The number of benzene rings is 1. The van der Waals surface area contributed by atoms with Gasteiger partial charge in [0, 0.05) is 17.5 Å². The Labute approximate surface area is 110 Å². The maximum atomic E-state index is 9.08. The second-order valence-corrected chi connectivity index (χ2v) is 4.33. The maximum Gasteiger partial charge on any atom is 0.119 e. The molecule has 0 amide bonds. The van der Waals surface area contributed by atoms with Crippen LogP contribution in [0.3, 0.4) is 0 Å². The molecule has 3 nitrogen and oxygen atoms in total. The fourth-order valence-corrected chi connectivity index (χ4v) is 2.10. The monoisotopic (exact) mass is 256 g/mol. The Balaban J connectivity index is 2.11. The molecule has 0 aliphatic heterocycles. The largest absolute Gasteiger partial charge is 0.497 e. The van der Waals surface area contributed by atoms with Crippen LogP contribution >= 0.6 is 11.3 Å². The highest BCUT2D eigenvalue weighted by molar-refractivity contribution is 7.08. The maximum absolute atomic E-state index is 9.08. The van der Waals surface area contributed by atoms with Gasteiger partial charge in [-0.1, -0.05) is 0 Å². The number of ether oxygens (including phenoxy) is 1. The average molecular weight is 256 g/mol. The number of methoxy groups -OCH3 is 1. The van der Waals surface area contributed by atoms with Gasteiger partial charge in [-0.05, 0) is 41.1 Å². The van der Waals surface area contributed by atoms with Gasteiger partial charge >= 0.3 is 0 Å². The van der Waals surface area contributed by atoms with E-state index in [1.165, 1.54) is 0 Å². The molecule has 0 aliphatic carbocycles. The first-order valence-electron chi connectivity index (χ1n) is 5.37. The van der Waals surface area contributed by atoms with Gasteiger partial charge in [0.25, 0.3) is 0 Å². The summed E-state index contributed by atoms with van der Waals surface area (Å²) in [5.41, 5.74) is 2.47. The van der Waals surface area contributed by atoms with Gasteiger partial charge in [-0.2, -0.15) is 16.6 Å². The minimum Gasteiger partial charge on any atom is -0.497 e. The zero-order chi connectivity index (χ0) is 12.8. The number of nitriles is 1. The van der Waals surface area contributed by atoms with Gasteiger partial charge in [-0.15, -0.1) is 0 Å². The van der Waals surface area contributed by atoms with Crippen LogP contribution in [-0.4, -0.2) is 7.11 Å². The predicted octanol–water partition coefficient (Wildman–Crippen LogP) is 3.73. The lowest BCUT2D eigenvalue weighted by molar-refractivity contribution is 0.415. The van der Waals surface area contributed by atoms with Crippen molar-refractivity contribution in [3.63, 3.8) is 0 Å². The number of allylic oxidation sites excluding steroid dienone is 1. The summed E-state index contributed by atoms with van der Waals surface area (Å²) in [4.78, 5) is 0. The van der Waals surface area contributed by atoms with E-state index in [0.717, 1.165) is 17.0 Å². The molecular weight excluding hydrogens is 244 g/mol. The van der Waals surface area contributed by atoms with Crippen LogP contribution in [0.4, 0.5) is 5.69 Å². The molecule has 0 fully saturated rings. The number of thiophene rings is 1. The Bertz CT molecular complexity index is 565. The van der Waals surface area contributed by atoms with Gasteiger partial charge < -0.3 is 10.1 Å². The molecule has 1 aromatic heterocycles. The van der Waals surface area contributed by atoms with Crippen LogP contribution in [0.1, 0.15) is 5.56 Å². The number of nitrogens with one attached hydrogen (secondary N) is 1. The van der Waals surface area contributed by atoms with Gasteiger partial charge in [0.15, 0.2) is 0 Å². The lowest BCUT2D eigenvalue weighted by Gasteiger charge is -2.03. The molecule has 90 valence electrons. The Hall–Kier alpha value is -2.25. The Morgan fingerprint density at radius 2 is 2.11 bits per heavy atom. The number of rotatable bonds is 4. The molecule has 2 aromatic rings. The summed E-state index contributed by atoms with van der Waals surface area (Å²) in [5, 5.41) is 16.1. The topological polar surface area (TPSA) is 45.0 Å². The SMILES string of the molecule is COc1ccc(NC=C(C#N)c2ccsc2)cc1. The molecule has 2 rings (SSSR count). The summed E-state index contributed by atoms with van der Waals surface area (Å²) >= 11 is 1.57. The minimum absolute atomic E-state index is 0.618. The van der Waals surface area contributed by atoms with Crippen LogP contribution in [0.2, 0.25) is 0 Å². The normalized spacial score (nSPS) is 10.8. The molecule has 1 N–H and O–H groups in total. The number of hydrogen-bond donors (Lipinski definition) is 1. The fraction of sp³-hybridized carbons (Fsp3) is 0.0714. The van der Waals surface area contributed by atoms with Crippen molar-refractivity contribution in [2.24, 2.45) is 0 Å². The van der Waals surface area contributed by atoms with Crippen molar-refractivity contribution in [1.82, 2.24) is 0 Å². The van der Waals surface area contributed by atoms with Crippen LogP contribution in [0.5, 0.6) is 5.75 Å². The van der Waals surface area contributed by atoms with Crippen molar-refractivity contribution in [3.05, 3.63) is 52.9 Å². The van der Waals surface area contributed by atoms with Gasteiger partial charge in [0.05, 0.1) is 12.7 Å². The molecule has 0 aliphatic rings. The molecule has 1 aromatic carbocycles. The summed E-state index contributed by atoms with van der Waals surface area (Å²) in [6.07, 6.45) is 1.71. The van der Waals surface area contributed by atoms with E-state index in [-0.39, 0.29) is 0 Å². The van der Waals surface area contributed by atoms with Crippen LogP contribution in [0.15, 0.2) is 47.3 Å². The zero-order valence-corrected chi connectivity index (χ0v) is 10.7. The van der Waals surface area contributed by atoms with E-state index in [1.54, 1.807) is 24.6 Å². The van der Waals surface area contributed by atoms with E-state index >= 15 is 0 Å². The van der Waals surface area contributed by atoms with Crippen LogP contribution in [0.25, 0.3) is 5.57 Å². The second-order valence-electron chi connectivity index (χ2n) is 3.55. The van der Waals surface area contributed by atoms with Crippen LogP contribution < -0.4 is 10.1 Å². The van der Waals surface area contributed by atoms with E-state index in [2.05, 4.69) is 11.4 Å². The number of nitrogens with zero attached hydrogens (tertiary/aromatic N) is 1. The van der Waals surface area contributed by atoms with E-state index in [1.807, 2.05) is 41.1 Å². The smallest absolute Gasteiger partial charge is 0.119 e. The van der Waals surface area contributed by atoms with Gasteiger partial charge in [0.2, 0.25) is 0 Å². The number of anilines is 1. The summed E-state index contributed by atoms with van der Waals surface area (Å²) < 4.78 is 5.08. The van der Waals surface area contributed by atoms with E-state index < -0.39 is 0 Å². The summed E-state index contributed by atoms with van der Waals surface area (Å²) in [5.74, 6) is 0.808. The third-order valence-electron chi connectivity index (χ3n) is 2.43. The van der Waals surface area contributed by atoms with E-state index in [4.69, 9.17) is 10.00 Å². The molecular formula is C14H12N2OS. The zero-order valence-electron chi connectivity index (χ0n) is 9.88. The van der Waals surface area contributed by atoms with E-state index in [9.17, 15) is 0 Å². The fourth-order valence-electron chi connectivity index (χ4n) is 1.44. The first-order chi connectivity index (χ1) is 8.83. The van der Waals surface area contributed by atoms with Crippen molar-refractivity contribution in [2.75, 3.05) is 12.4 Å². The lowest BCUT2D eigenvalue weighted by atomic mass is 10.2. The molecule has 0 unspecified atom stereocenters. The average Bonchev–Trinajstić information content (AvgIpc) is 2.94. The van der Waals surface area contributed by atoms with Gasteiger partial charge in [0.1, 0.15) is 11.8 Å². The molecule has 4 heteroatoms. The highest BCUT2D eigenvalue weighted by Gasteiger charge is 2.00. The van der Waals surface area contributed by atoms with Crippen molar-refractivity contribution >= 4 is 22.6 Å². The Kier molecular flexibility index (Phi) is 4.00. The lowest BCUT2D eigenvalue weighted by Crippen LogP contribution is -1.90. The van der Waals surface area contributed by atoms with Gasteiger partial charge in [-0.25, -0.2) is 0 Å². The van der Waals surface area contributed by atoms with Crippen LogP contribution in [0, 0.1) is 11.3 Å². The quantitative estimate of drug-likeness (QED) is 0.848. The molecule has 0 saturated heterocycles. The first kappa shape index (κ1) is 12.2. The third-order valence-corrected chi connectivity index (χ3v) is 3.11. The van der Waals surface area contributed by atoms with Crippen molar-refractivity contribution in [1.29, 1.82) is 5.26 Å². The van der Waals surface area contributed by atoms with Crippen molar-refractivity contribution in [2.45, 2.75) is 0 Å². The van der Waals surface area contributed by atoms with E-state index in [0.29, 0.717) is 5.57 Å². The predicted molar refractivity (Wildman–Crippen MR) is 74.5 cm³/mol. The summed E-state index contributed by atoms with van der Waals surface area (Å²) in [6.45, 7) is 0. The third kappa shape index (κ3) is 2.90. The molecule has 0 radical (unpaired) electrons. The number of hydrogen-bond acceptors (Lipinski definition) is 4. The second kappa shape index (κ2) is 5.89. The Morgan fingerprint density at radius 3 is 2.67 bits per heavy atom. The molecule has 0 atom stereocenters.